The zero-order chi connectivity index (χ0) is 27.8. The lowest BCUT2D eigenvalue weighted by molar-refractivity contribution is 0.0954. The third kappa shape index (κ3) is 7.08. The monoisotopic (exact) mass is 543 g/mol. The molecule has 0 saturated heterocycles. The molecule has 4 aromatic carbocycles. The summed E-state index contributed by atoms with van der Waals surface area (Å²) < 4.78 is 35.8. The van der Waals surface area contributed by atoms with Gasteiger partial charge in [0.2, 0.25) is 0 Å². The summed E-state index contributed by atoms with van der Waals surface area (Å²) in [5, 5.41) is 6.72. The molecule has 0 spiro atoms. The van der Waals surface area contributed by atoms with Crippen LogP contribution in [-0.4, -0.2) is 33.6 Å². The number of nitrogens with one attached hydrogen (secondary N) is 2. The van der Waals surface area contributed by atoms with Gasteiger partial charge in [-0.2, -0.15) is 13.5 Å². The van der Waals surface area contributed by atoms with E-state index in [-0.39, 0.29) is 22.3 Å². The lowest BCUT2D eigenvalue weighted by Crippen LogP contribution is -2.18. The molecule has 10 heteroatoms. The van der Waals surface area contributed by atoms with Crippen LogP contribution >= 0.6 is 0 Å². The van der Waals surface area contributed by atoms with Crippen LogP contribution in [0.3, 0.4) is 0 Å². The number of rotatable bonds is 9. The molecule has 4 rings (SSSR count). The first kappa shape index (κ1) is 27.1. The van der Waals surface area contributed by atoms with Crippen molar-refractivity contribution in [2.45, 2.75) is 11.8 Å². The van der Waals surface area contributed by atoms with Crippen molar-refractivity contribution in [2.24, 2.45) is 5.10 Å². The van der Waals surface area contributed by atoms with E-state index < -0.39 is 16.0 Å². The first-order valence-electron chi connectivity index (χ1n) is 11.7. The SMILES string of the molecule is COc1cc(C=NNC(=O)c2ccc(NC(=O)c3ccccc3)cc2)ccc1OS(=O)(=O)c1ccc(C)cc1. The maximum absolute atomic E-state index is 12.6. The second-order valence-corrected chi connectivity index (χ2v) is 9.90. The van der Waals surface area contributed by atoms with Crippen molar-refractivity contribution in [3.05, 3.63) is 119 Å². The van der Waals surface area contributed by atoms with Gasteiger partial charge in [-0.3, -0.25) is 9.59 Å². The predicted octanol–water partition coefficient (Wildman–Crippen LogP) is 4.79. The summed E-state index contributed by atoms with van der Waals surface area (Å²) >= 11 is 0. The fourth-order valence-electron chi connectivity index (χ4n) is 3.43. The molecular formula is C29H25N3O6S. The van der Waals surface area contributed by atoms with E-state index in [0.29, 0.717) is 22.4 Å². The van der Waals surface area contributed by atoms with Crippen LogP contribution < -0.4 is 19.7 Å². The van der Waals surface area contributed by atoms with E-state index in [4.69, 9.17) is 8.92 Å². The molecule has 39 heavy (non-hydrogen) atoms. The van der Waals surface area contributed by atoms with E-state index in [1.807, 2.05) is 13.0 Å². The van der Waals surface area contributed by atoms with Gasteiger partial charge in [0.25, 0.3) is 11.8 Å². The fourth-order valence-corrected chi connectivity index (χ4v) is 4.37. The molecule has 0 aliphatic carbocycles. The van der Waals surface area contributed by atoms with Crippen LogP contribution in [0.4, 0.5) is 5.69 Å². The van der Waals surface area contributed by atoms with Crippen LogP contribution in [0.2, 0.25) is 0 Å². The first-order valence-corrected chi connectivity index (χ1v) is 13.1. The van der Waals surface area contributed by atoms with Gasteiger partial charge in [0.05, 0.1) is 13.3 Å². The molecule has 4 aromatic rings. The lowest BCUT2D eigenvalue weighted by Gasteiger charge is -2.11. The van der Waals surface area contributed by atoms with Gasteiger partial charge in [-0.1, -0.05) is 35.9 Å². The molecule has 198 valence electrons. The third-order valence-electron chi connectivity index (χ3n) is 5.52. The highest BCUT2D eigenvalue weighted by Crippen LogP contribution is 2.30. The Labute approximate surface area is 226 Å². The minimum Gasteiger partial charge on any atom is -0.493 e. The lowest BCUT2D eigenvalue weighted by atomic mass is 10.1. The smallest absolute Gasteiger partial charge is 0.339 e. The van der Waals surface area contributed by atoms with Crippen LogP contribution in [0, 0.1) is 6.92 Å². The number of aryl methyl sites for hydroxylation is 1. The summed E-state index contributed by atoms with van der Waals surface area (Å²) in [6, 6.07) is 26.0. The summed E-state index contributed by atoms with van der Waals surface area (Å²) in [5.41, 5.74) is 5.29. The van der Waals surface area contributed by atoms with Crippen molar-refractivity contribution in [1.29, 1.82) is 0 Å². The van der Waals surface area contributed by atoms with E-state index in [1.165, 1.54) is 37.6 Å². The minimum atomic E-state index is -4.05. The standard InChI is InChI=1S/C29H25N3O6S/c1-20-8-15-25(16-9-20)39(35,36)38-26-17-10-21(18-27(26)37-2)19-30-32-29(34)23-11-13-24(14-12-23)31-28(33)22-6-4-3-5-7-22/h3-19H,1-2H3,(H,31,33)(H,32,34). The van der Waals surface area contributed by atoms with Crippen molar-refractivity contribution >= 4 is 33.8 Å². The second kappa shape index (κ2) is 12.1. The molecule has 2 N–H and O–H groups in total. The molecular weight excluding hydrogens is 518 g/mol. The fraction of sp³-hybridized carbons (Fsp3) is 0.0690. The number of anilines is 1. The van der Waals surface area contributed by atoms with Crippen LogP contribution in [0.25, 0.3) is 0 Å². The molecule has 2 amide bonds. The van der Waals surface area contributed by atoms with Gasteiger partial charge in [0.1, 0.15) is 4.90 Å². The zero-order valence-corrected chi connectivity index (χ0v) is 21.9. The topological polar surface area (TPSA) is 123 Å². The maximum atomic E-state index is 12.6. The number of hydrogen-bond donors (Lipinski definition) is 2. The van der Waals surface area contributed by atoms with Gasteiger partial charge >= 0.3 is 10.1 Å². The third-order valence-corrected chi connectivity index (χ3v) is 6.77. The van der Waals surface area contributed by atoms with Crippen LogP contribution in [0.5, 0.6) is 11.5 Å². The molecule has 0 unspecified atom stereocenters. The Kier molecular flexibility index (Phi) is 8.37. The van der Waals surface area contributed by atoms with Crippen molar-refractivity contribution in [3.8, 4) is 11.5 Å². The normalized spacial score (nSPS) is 11.1. The molecule has 0 atom stereocenters. The molecule has 0 radical (unpaired) electrons. The van der Waals surface area contributed by atoms with Crippen molar-refractivity contribution in [3.63, 3.8) is 0 Å². The van der Waals surface area contributed by atoms with Gasteiger partial charge in [0.15, 0.2) is 11.5 Å². The van der Waals surface area contributed by atoms with Crippen molar-refractivity contribution in [1.82, 2.24) is 5.43 Å². The molecule has 0 aromatic heterocycles. The van der Waals surface area contributed by atoms with Gasteiger partial charge in [0, 0.05) is 16.8 Å². The minimum absolute atomic E-state index is 0.0127. The number of ether oxygens (including phenoxy) is 1. The van der Waals surface area contributed by atoms with E-state index in [2.05, 4.69) is 15.8 Å². The van der Waals surface area contributed by atoms with Gasteiger partial charge in [-0.15, -0.1) is 0 Å². The molecule has 0 aliphatic heterocycles. The Morgan fingerprint density at radius 3 is 2.13 bits per heavy atom. The summed E-state index contributed by atoms with van der Waals surface area (Å²) in [4.78, 5) is 24.7. The summed E-state index contributed by atoms with van der Waals surface area (Å²) in [6.07, 6.45) is 1.38. The number of carbonyl (C=O) groups excluding carboxylic acids is 2. The number of hydrazone groups is 1. The van der Waals surface area contributed by atoms with Crippen LogP contribution in [0.15, 0.2) is 107 Å². The van der Waals surface area contributed by atoms with E-state index in [0.717, 1.165) is 5.56 Å². The Morgan fingerprint density at radius 1 is 0.795 bits per heavy atom. The van der Waals surface area contributed by atoms with E-state index in [1.54, 1.807) is 66.7 Å². The Morgan fingerprint density at radius 2 is 1.46 bits per heavy atom. The number of benzene rings is 4. The average molecular weight is 544 g/mol. The van der Waals surface area contributed by atoms with E-state index in [9.17, 15) is 18.0 Å². The Hall–Kier alpha value is -4.96. The van der Waals surface area contributed by atoms with Crippen LogP contribution in [0.1, 0.15) is 31.8 Å². The van der Waals surface area contributed by atoms with Crippen molar-refractivity contribution < 1.29 is 26.9 Å². The molecule has 9 nitrogen and oxygen atoms in total. The molecule has 0 heterocycles. The van der Waals surface area contributed by atoms with E-state index >= 15 is 0 Å². The zero-order valence-electron chi connectivity index (χ0n) is 21.1. The summed E-state index contributed by atoms with van der Waals surface area (Å²) in [7, 11) is -2.67. The van der Waals surface area contributed by atoms with Crippen LogP contribution in [-0.2, 0) is 10.1 Å². The maximum Gasteiger partial charge on any atom is 0.339 e. The number of methoxy groups -OCH3 is 1. The predicted molar refractivity (Wildman–Crippen MR) is 148 cm³/mol. The molecule has 0 aliphatic rings. The van der Waals surface area contributed by atoms with Gasteiger partial charge < -0.3 is 14.2 Å². The number of amides is 2. The number of hydrogen-bond acceptors (Lipinski definition) is 7. The first-order chi connectivity index (χ1) is 18.7. The quantitative estimate of drug-likeness (QED) is 0.178. The highest BCUT2D eigenvalue weighted by Gasteiger charge is 2.19. The van der Waals surface area contributed by atoms with Gasteiger partial charge in [-0.25, -0.2) is 5.43 Å². The van der Waals surface area contributed by atoms with Crippen molar-refractivity contribution in [2.75, 3.05) is 12.4 Å². The highest BCUT2D eigenvalue weighted by atomic mass is 32.2. The molecule has 0 fully saturated rings. The highest BCUT2D eigenvalue weighted by molar-refractivity contribution is 7.87. The Balaban J connectivity index is 1.36. The average Bonchev–Trinajstić information content (AvgIpc) is 2.94. The number of carbonyl (C=O) groups is 2. The van der Waals surface area contributed by atoms with Gasteiger partial charge in [-0.05, 0) is 79.2 Å². The largest absolute Gasteiger partial charge is 0.493 e. The number of nitrogens with zero attached hydrogens (tertiary/aromatic N) is 1. The summed E-state index contributed by atoms with van der Waals surface area (Å²) in [5.74, 6) is -0.520. The molecule has 0 saturated carbocycles. The Bertz CT molecular complexity index is 1600. The summed E-state index contributed by atoms with van der Waals surface area (Å²) in [6.45, 7) is 1.85. The molecule has 0 bridgehead atoms. The second-order valence-electron chi connectivity index (χ2n) is 8.36.